The van der Waals surface area contributed by atoms with E-state index in [0.717, 1.165) is 35.1 Å². The first-order chi connectivity index (χ1) is 21.3. The topological polar surface area (TPSA) is 102 Å². The Labute approximate surface area is 271 Å². The predicted molar refractivity (Wildman–Crippen MR) is 173 cm³/mol. The van der Waals surface area contributed by atoms with Gasteiger partial charge in [-0.15, -0.1) is 10.2 Å². The number of nitrogens with zero attached hydrogens (tertiary/aromatic N) is 3. The Morgan fingerprint density at radius 2 is 1.84 bits per heavy atom. The van der Waals surface area contributed by atoms with Crippen molar-refractivity contribution in [3.63, 3.8) is 0 Å². The second kappa shape index (κ2) is 14.4. The number of halogens is 2. The molecule has 44 heavy (non-hydrogen) atoms. The number of aliphatic hydroxyl groups excluding tert-OH is 1. The maximum Gasteiger partial charge on any atom is 0.301 e. The minimum absolute atomic E-state index is 0.0910. The van der Waals surface area contributed by atoms with Gasteiger partial charge in [0.2, 0.25) is 5.13 Å². The van der Waals surface area contributed by atoms with Gasteiger partial charge in [-0.3, -0.25) is 14.5 Å². The van der Waals surface area contributed by atoms with Crippen molar-refractivity contribution in [3.05, 3.63) is 99.3 Å². The summed E-state index contributed by atoms with van der Waals surface area (Å²) in [5, 5.41) is 20.0. The molecular weight excluding hydrogens is 669 g/mol. The van der Waals surface area contributed by atoms with E-state index >= 15 is 0 Å². The van der Waals surface area contributed by atoms with Crippen LogP contribution in [0.1, 0.15) is 48.9 Å². The Morgan fingerprint density at radius 3 is 2.57 bits per heavy atom. The summed E-state index contributed by atoms with van der Waals surface area (Å²) in [5.74, 6) is -1.09. The number of rotatable bonds is 12. The van der Waals surface area contributed by atoms with Crippen LogP contribution in [0.5, 0.6) is 11.5 Å². The smallest absolute Gasteiger partial charge is 0.301 e. The molecular formula is C32H29BrFN3O5S2. The molecule has 0 radical (unpaired) electrons. The SMILES string of the molecule is CCCCCOc1ccc(C2/C(=C(/O)c3ccc(Br)cc3)C(=O)C(=O)N2c2nnc(SCc3ccccc3F)s2)cc1OC. The van der Waals surface area contributed by atoms with Crippen molar-refractivity contribution < 1.29 is 28.6 Å². The number of thioether (sulfide) groups is 1. The Hall–Kier alpha value is -3.74. The molecule has 0 aliphatic carbocycles. The summed E-state index contributed by atoms with van der Waals surface area (Å²) in [4.78, 5) is 28.4. The molecule has 8 nitrogen and oxygen atoms in total. The fraction of sp³-hybridized carbons (Fsp3) is 0.250. The third kappa shape index (κ3) is 6.82. The van der Waals surface area contributed by atoms with E-state index in [4.69, 9.17) is 9.47 Å². The highest BCUT2D eigenvalue weighted by atomic mass is 79.9. The average Bonchev–Trinajstić information content (AvgIpc) is 3.60. The van der Waals surface area contributed by atoms with Crippen LogP contribution in [-0.4, -0.2) is 40.7 Å². The molecule has 12 heteroatoms. The maximum atomic E-state index is 14.2. The lowest BCUT2D eigenvalue weighted by molar-refractivity contribution is -0.132. The number of hydrogen-bond donors (Lipinski definition) is 1. The van der Waals surface area contributed by atoms with Gasteiger partial charge in [-0.1, -0.05) is 95.2 Å². The summed E-state index contributed by atoms with van der Waals surface area (Å²) in [6.07, 6.45) is 2.99. The largest absolute Gasteiger partial charge is 0.507 e. The number of carbonyl (C=O) groups is 2. The van der Waals surface area contributed by atoms with Crippen molar-refractivity contribution >= 4 is 61.6 Å². The second-order valence-corrected chi connectivity index (χ2v) is 13.0. The molecule has 4 aromatic rings. The highest BCUT2D eigenvalue weighted by molar-refractivity contribution is 9.10. The van der Waals surface area contributed by atoms with Crippen molar-refractivity contribution in [1.29, 1.82) is 0 Å². The van der Waals surface area contributed by atoms with Crippen LogP contribution in [0.15, 0.2) is 81.1 Å². The van der Waals surface area contributed by atoms with Crippen molar-refractivity contribution in [3.8, 4) is 11.5 Å². The van der Waals surface area contributed by atoms with Crippen molar-refractivity contribution in [1.82, 2.24) is 10.2 Å². The third-order valence-corrected chi connectivity index (χ3v) is 9.62. The van der Waals surface area contributed by atoms with E-state index in [-0.39, 0.29) is 22.3 Å². The molecule has 1 fully saturated rings. The number of Topliss-reactive ketones (excluding diaryl/α,β-unsaturated/α-hetero) is 1. The van der Waals surface area contributed by atoms with Crippen molar-refractivity contribution in [2.45, 2.75) is 42.3 Å². The third-order valence-electron chi connectivity index (χ3n) is 6.98. The zero-order valence-electron chi connectivity index (χ0n) is 24.0. The Balaban J connectivity index is 1.54. The van der Waals surface area contributed by atoms with Gasteiger partial charge in [0.1, 0.15) is 11.6 Å². The van der Waals surface area contributed by atoms with Gasteiger partial charge in [-0.05, 0) is 47.9 Å². The van der Waals surface area contributed by atoms with E-state index in [0.29, 0.717) is 44.9 Å². The fourth-order valence-corrected chi connectivity index (χ4v) is 6.85. The van der Waals surface area contributed by atoms with E-state index in [2.05, 4.69) is 33.1 Å². The number of aliphatic hydroxyl groups is 1. The number of methoxy groups -OCH3 is 1. The number of unbranched alkanes of at least 4 members (excludes halogenated alkanes) is 2. The fourth-order valence-electron chi connectivity index (χ4n) is 4.73. The standard InChI is InChI=1S/C32H29BrFN3O5S2/c1-3-4-7-16-42-24-15-12-20(17-25(24)41-2)27-26(28(38)19-10-13-22(33)14-11-19)29(39)30(40)37(27)31-35-36-32(44-31)43-18-21-8-5-6-9-23(21)34/h5-6,8-15,17,27,38H,3-4,7,16,18H2,1-2H3/b28-26-. The second-order valence-electron chi connectivity index (χ2n) is 9.87. The zero-order valence-corrected chi connectivity index (χ0v) is 27.2. The summed E-state index contributed by atoms with van der Waals surface area (Å²) in [6.45, 7) is 2.63. The Bertz CT molecular complexity index is 1700. The molecule has 1 aliphatic heterocycles. The van der Waals surface area contributed by atoms with Crippen molar-refractivity contribution in [2.24, 2.45) is 0 Å². The summed E-state index contributed by atoms with van der Waals surface area (Å²) < 4.78 is 27.0. The molecule has 1 aromatic heterocycles. The van der Waals surface area contributed by atoms with Crippen LogP contribution < -0.4 is 14.4 Å². The van der Waals surface area contributed by atoms with Gasteiger partial charge in [0.15, 0.2) is 15.8 Å². The molecule has 0 saturated carbocycles. The molecule has 5 rings (SSSR count). The molecule has 1 aliphatic rings. The van der Waals surface area contributed by atoms with Gasteiger partial charge in [0.25, 0.3) is 5.78 Å². The molecule has 0 spiro atoms. The molecule has 228 valence electrons. The molecule has 1 amide bonds. The normalized spacial score (nSPS) is 16.0. The number of ketones is 1. The summed E-state index contributed by atoms with van der Waals surface area (Å²) >= 11 is 5.76. The quantitative estimate of drug-likeness (QED) is 0.0398. The van der Waals surface area contributed by atoms with Crippen LogP contribution in [0.25, 0.3) is 5.76 Å². The van der Waals surface area contributed by atoms with E-state index in [1.54, 1.807) is 60.7 Å². The first-order valence-electron chi connectivity index (χ1n) is 13.9. The first-order valence-corrected chi connectivity index (χ1v) is 16.5. The van der Waals surface area contributed by atoms with Crippen LogP contribution in [0, 0.1) is 5.82 Å². The lowest BCUT2D eigenvalue weighted by Gasteiger charge is -2.23. The zero-order chi connectivity index (χ0) is 31.2. The first kappa shape index (κ1) is 31.7. The van der Waals surface area contributed by atoms with Gasteiger partial charge < -0.3 is 14.6 Å². The van der Waals surface area contributed by atoms with Crippen molar-refractivity contribution in [2.75, 3.05) is 18.6 Å². The molecule has 2 heterocycles. The Morgan fingerprint density at radius 1 is 1.07 bits per heavy atom. The van der Waals surface area contributed by atoms with Crippen LogP contribution in [0.4, 0.5) is 9.52 Å². The molecule has 3 aromatic carbocycles. The van der Waals surface area contributed by atoms with E-state index in [1.807, 2.05) is 0 Å². The average molecular weight is 699 g/mol. The highest BCUT2D eigenvalue weighted by Crippen LogP contribution is 2.45. The molecule has 1 N–H and O–H groups in total. The van der Waals surface area contributed by atoms with E-state index in [1.165, 1.54) is 29.8 Å². The molecule has 1 unspecified atom stereocenters. The molecule has 1 saturated heterocycles. The van der Waals surface area contributed by atoms with E-state index < -0.39 is 17.7 Å². The number of aromatic nitrogens is 2. The number of benzene rings is 3. The minimum Gasteiger partial charge on any atom is -0.507 e. The number of amides is 1. The van der Waals surface area contributed by atoms with Gasteiger partial charge in [-0.2, -0.15) is 0 Å². The van der Waals surface area contributed by atoms with Gasteiger partial charge in [-0.25, -0.2) is 4.39 Å². The number of ether oxygens (including phenoxy) is 2. The number of anilines is 1. The monoisotopic (exact) mass is 697 g/mol. The lowest BCUT2D eigenvalue weighted by atomic mass is 9.95. The van der Waals surface area contributed by atoms with Gasteiger partial charge in [0, 0.05) is 15.8 Å². The highest BCUT2D eigenvalue weighted by Gasteiger charge is 2.48. The lowest BCUT2D eigenvalue weighted by Crippen LogP contribution is -2.29. The van der Waals surface area contributed by atoms with Crippen LogP contribution in [-0.2, 0) is 15.3 Å². The van der Waals surface area contributed by atoms with Gasteiger partial charge in [0.05, 0.1) is 25.3 Å². The maximum absolute atomic E-state index is 14.2. The molecule has 1 atom stereocenters. The van der Waals surface area contributed by atoms with Crippen LogP contribution in [0.2, 0.25) is 0 Å². The number of hydrogen-bond acceptors (Lipinski definition) is 9. The predicted octanol–water partition coefficient (Wildman–Crippen LogP) is 7.94. The Kier molecular flexibility index (Phi) is 10.3. The van der Waals surface area contributed by atoms with Crippen LogP contribution >= 0.6 is 39.0 Å². The van der Waals surface area contributed by atoms with Gasteiger partial charge >= 0.3 is 5.91 Å². The minimum atomic E-state index is -1.03. The molecule has 0 bridgehead atoms. The summed E-state index contributed by atoms with van der Waals surface area (Å²) in [7, 11) is 1.51. The van der Waals surface area contributed by atoms with Crippen LogP contribution in [0.3, 0.4) is 0 Å². The number of carbonyl (C=O) groups excluding carboxylic acids is 2. The summed E-state index contributed by atoms with van der Waals surface area (Å²) in [6, 6.07) is 17.4. The summed E-state index contributed by atoms with van der Waals surface area (Å²) in [5.41, 5.74) is 1.30. The van der Waals surface area contributed by atoms with E-state index in [9.17, 15) is 19.1 Å².